The van der Waals surface area contributed by atoms with Crippen molar-refractivity contribution in [2.24, 2.45) is 0 Å². The first-order chi connectivity index (χ1) is 7.79. The molecular weight excluding hydrogens is 373 g/mol. The Bertz CT molecular complexity index is 418. The zero-order valence-corrected chi connectivity index (χ0v) is 19.6. The fourth-order valence-corrected chi connectivity index (χ4v) is 2.20. The van der Waals surface area contributed by atoms with Gasteiger partial charge in [-0.05, 0) is 6.92 Å². The third-order valence-electron chi connectivity index (χ3n) is 2.04. The monoisotopic (exact) mass is 401 g/mol. The SMILES string of the molecule is CC(C)(C)[NH-].Cc1cc2s[cH-]cc-2c1C.Cl.Cl.[CH3-].[CH3-].[SiH2]=[Ti]. The first kappa shape index (κ1) is 33.4. The zero-order valence-electron chi connectivity index (χ0n) is 14.2. The van der Waals surface area contributed by atoms with Crippen LogP contribution in [0.3, 0.4) is 0 Å². The van der Waals surface area contributed by atoms with Crippen LogP contribution < -0.4 is 0 Å². The summed E-state index contributed by atoms with van der Waals surface area (Å²) in [6.07, 6.45) is 0. The Hall–Kier alpha value is 0.781. The molecule has 126 valence electrons. The summed E-state index contributed by atoms with van der Waals surface area (Å²) in [4.78, 5) is 1.43. The van der Waals surface area contributed by atoms with Crippen molar-refractivity contribution >= 4 is 43.8 Å². The normalized spacial score (nSPS) is 8.24. The molecule has 0 aromatic rings. The van der Waals surface area contributed by atoms with Crippen molar-refractivity contribution in [1.29, 1.82) is 0 Å². The molecule has 0 atom stereocenters. The summed E-state index contributed by atoms with van der Waals surface area (Å²) in [5, 5.41) is 2.15. The average molecular weight is 402 g/mol. The van der Waals surface area contributed by atoms with Crippen LogP contribution >= 0.6 is 36.2 Å². The molecule has 0 radical (unpaired) electrons. The van der Waals surface area contributed by atoms with Crippen LogP contribution in [0.2, 0.25) is 0 Å². The van der Waals surface area contributed by atoms with Crippen LogP contribution in [-0.2, 0) is 19.2 Å². The van der Waals surface area contributed by atoms with Crippen molar-refractivity contribution in [3.05, 3.63) is 49.2 Å². The topological polar surface area (TPSA) is 23.8 Å². The molecule has 0 unspecified atom stereocenters. The number of thiophene rings is 1. The molecule has 0 spiro atoms. The molecular formula is C15H29Cl2NSSiTi-4. The molecule has 1 aliphatic carbocycles. The Morgan fingerprint density at radius 2 is 1.52 bits per heavy atom. The van der Waals surface area contributed by atoms with E-state index < -0.39 is 0 Å². The molecule has 0 aromatic heterocycles. The fourth-order valence-electron chi connectivity index (χ4n) is 1.26. The molecule has 1 heterocycles. The maximum absolute atomic E-state index is 6.94. The second-order valence-electron chi connectivity index (χ2n) is 4.90. The number of hydrogen-bond acceptors (Lipinski definition) is 1. The Kier molecular flexibility index (Phi) is 24.9. The van der Waals surface area contributed by atoms with E-state index in [-0.39, 0.29) is 45.2 Å². The first-order valence-corrected chi connectivity index (χ1v) is 10.4. The van der Waals surface area contributed by atoms with Gasteiger partial charge in [0.25, 0.3) is 0 Å². The molecule has 1 aliphatic heterocycles. The summed E-state index contributed by atoms with van der Waals surface area (Å²) in [6.45, 7) is 9.92. The number of nitrogens with one attached hydrogen (secondary N) is 1. The molecule has 0 aromatic carbocycles. The predicted molar refractivity (Wildman–Crippen MR) is 106 cm³/mol. The van der Waals surface area contributed by atoms with Gasteiger partial charge in [0, 0.05) is 0 Å². The average Bonchev–Trinajstić information content (AvgIpc) is 2.73. The maximum atomic E-state index is 6.94. The van der Waals surface area contributed by atoms with Gasteiger partial charge in [-0.15, -0.1) is 52.2 Å². The van der Waals surface area contributed by atoms with E-state index in [0.29, 0.717) is 0 Å². The van der Waals surface area contributed by atoms with Crippen LogP contribution in [0, 0.1) is 28.7 Å². The Morgan fingerprint density at radius 3 is 1.86 bits per heavy atom. The van der Waals surface area contributed by atoms with Crippen molar-refractivity contribution in [3.63, 3.8) is 0 Å². The second kappa shape index (κ2) is 15.7. The van der Waals surface area contributed by atoms with Gasteiger partial charge >= 0.3 is 26.8 Å². The van der Waals surface area contributed by atoms with Gasteiger partial charge < -0.3 is 20.6 Å². The van der Waals surface area contributed by atoms with E-state index in [2.05, 4.69) is 31.4 Å². The first-order valence-electron chi connectivity index (χ1n) is 5.49. The van der Waals surface area contributed by atoms with Crippen LogP contribution in [0.1, 0.15) is 31.9 Å². The summed E-state index contributed by atoms with van der Waals surface area (Å²) in [7, 11) is 1.86. The van der Waals surface area contributed by atoms with E-state index in [4.69, 9.17) is 5.73 Å². The van der Waals surface area contributed by atoms with Gasteiger partial charge in [-0.2, -0.15) is 11.6 Å². The van der Waals surface area contributed by atoms with Gasteiger partial charge in [-0.1, -0.05) is 33.3 Å². The molecule has 21 heavy (non-hydrogen) atoms. The Labute approximate surface area is 162 Å². The van der Waals surface area contributed by atoms with Crippen molar-refractivity contribution in [1.82, 2.24) is 0 Å². The van der Waals surface area contributed by atoms with Gasteiger partial charge in [-0.25, -0.2) is 0 Å². The number of halogens is 2. The van der Waals surface area contributed by atoms with Gasteiger partial charge in [-0.3, -0.25) is 11.3 Å². The van der Waals surface area contributed by atoms with Crippen molar-refractivity contribution in [2.75, 3.05) is 0 Å². The van der Waals surface area contributed by atoms with Gasteiger partial charge in [0.1, 0.15) is 0 Å². The Balaban J connectivity index is -0.0000000695. The fraction of sp³-hybridized carbons (Fsp3) is 0.400. The quantitative estimate of drug-likeness (QED) is 0.390. The molecule has 0 saturated carbocycles. The van der Waals surface area contributed by atoms with E-state index in [9.17, 15) is 0 Å². The molecule has 2 rings (SSSR count). The Morgan fingerprint density at radius 1 is 1.14 bits per heavy atom. The summed E-state index contributed by atoms with van der Waals surface area (Å²) < 4.78 is 0. The van der Waals surface area contributed by atoms with Crippen molar-refractivity contribution in [2.45, 2.75) is 40.2 Å². The van der Waals surface area contributed by atoms with Crippen LogP contribution in [0.4, 0.5) is 0 Å². The zero-order chi connectivity index (χ0) is 13.6. The van der Waals surface area contributed by atoms with Crippen LogP contribution in [0.5, 0.6) is 0 Å². The predicted octanol–water partition coefficient (Wildman–Crippen LogP) is 5.85. The minimum absolute atomic E-state index is 0. The third-order valence-corrected chi connectivity index (χ3v) is 2.90. The molecule has 2 aliphatic rings. The third kappa shape index (κ3) is 14.1. The van der Waals surface area contributed by atoms with Crippen molar-refractivity contribution < 1.29 is 19.2 Å². The molecule has 0 amide bonds. The second-order valence-corrected chi connectivity index (χ2v) is 5.85. The van der Waals surface area contributed by atoms with Gasteiger partial charge in [0.05, 0.1) is 0 Å². The van der Waals surface area contributed by atoms with E-state index >= 15 is 0 Å². The van der Waals surface area contributed by atoms with Crippen LogP contribution in [-0.4, -0.2) is 13.2 Å². The van der Waals surface area contributed by atoms with Gasteiger partial charge in [0.2, 0.25) is 0 Å². The summed E-state index contributed by atoms with van der Waals surface area (Å²) in [6, 6.07) is 4.46. The standard InChI is InChI=1S/C9H9S.C4H10N.2CH3.2ClH.H2Si.Ti/c1-6-5-9-8(7(6)2)3-4-10-9;1-4(2,3)5;;;;;;/h3-5H,1-2H3;5H,1-3H3;2*1H3;2*1H;1H2;/q4*-1;;;;. The molecule has 6 heteroatoms. The summed E-state index contributed by atoms with van der Waals surface area (Å²) in [5.74, 6) is 0. The molecule has 1 nitrogen and oxygen atoms in total. The van der Waals surface area contributed by atoms with E-state index in [1.54, 1.807) is 0 Å². The van der Waals surface area contributed by atoms with Crippen LogP contribution in [0.15, 0.2) is 17.5 Å². The van der Waals surface area contributed by atoms with E-state index in [0.717, 1.165) is 0 Å². The molecule has 0 saturated heterocycles. The summed E-state index contributed by atoms with van der Waals surface area (Å²) >= 11 is 3.85. The molecule has 0 fully saturated rings. The molecule has 0 bridgehead atoms. The summed E-state index contributed by atoms with van der Waals surface area (Å²) in [5.41, 5.74) is 11.0. The van der Waals surface area contributed by atoms with Crippen molar-refractivity contribution in [3.8, 4) is 10.4 Å². The van der Waals surface area contributed by atoms with Crippen LogP contribution in [0.25, 0.3) is 16.2 Å². The minimum atomic E-state index is -0.250. The molecule has 1 N–H and O–H groups in total. The van der Waals surface area contributed by atoms with Gasteiger partial charge in [0.15, 0.2) is 0 Å². The van der Waals surface area contributed by atoms with E-state index in [1.807, 2.05) is 58.9 Å². The number of rotatable bonds is 0. The van der Waals surface area contributed by atoms with E-state index in [1.165, 1.54) is 21.6 Å². The number of fused-ring (bicyclic) bond motifs is 1. The number of aryl methyl sites for hydroxylation is 1. The number of hydrogen-bond donors (Lipinski definition) is 0.